The lowest BCUT2D eigenvalue weighted by atomic mass is 9.81. The largest absolute Gasteiger partial charge is 0.479 e. The molecule has 2 heterocycles. The van der Waals surface area contributed by atoms with E-state index in [1.165, 1.54) is 12.1 Å². The zero-order valence-electron chi connectivity index (χ0n) is 17.6. The summed E-state index contributed by atoms with van der Waals surface area (Å²) in [4.78, 5) is 15.0. The maximum Gasteiger partial charge on any atom is 0.263 e. The molecule has 2 aliphatic heterocycles. The van der Waals surface area contributed by atoms with Crippen LogP contribution in [-0.2, 0) is 11.2 Å². The van der Waals surface area contributed by atoms with Crippen LogP contribution in [0.5, 0.6) is 5.75 Å². The molecular formula is C24H26ClF2NO3. The first-order valence-electron chi connectivity index (χ1n) is 10.6. The molecule has 0 aromatic heterocycles. The zero-order valence-corrected chi connectivity index (χ0v) is 18.3. The Labute approximate surface area is 185 Å². The monoisotopic (exact) mass is 449 g/mol. The Balaban J connectivity index is 1.46. The fourth-order valence-corrected chi connectivity index (χ4v) is 5.16. The van der Waals surface area contributed by atoms with E-state index in [9.17, 15) is 18.7 Å². The molecule has 1 N–H and O–H groups in total. The van der Waals surface area contributed by atoms with Crippen LogP contribution in [0.2, 0.25) is 5.02 Å². The van der Waals surface area contributed by atoms with E-state index in [-0.39, 0.29) is 30.0 Å². The first-order valence-corrected chi connectivity index (χ1v) is 10.9. The fourth-order valence-electron chi connectivity index (χ4n) is 5.00. The molecule has 3 atom stereocenters. The van der Waals surface area contributed by atoms with E-state index < -0.39 is 23.3 Å². The van der Waals surface area contributed by atoms with Gasteiger partial charge >= 0.3 is 0 Å². The number of fused-ring (bicyclic) bond motifs is 2. The van der Waals surface area contributed by atoms with E-state index in [2.05, 4.69) is 0 Å². The van der Waals surface area contributed by atoms with Crippen molar-refractivity contribution in [2.24, 2.45) is 0 Å². The smallest absolute Gasteiger partial charge is 0.263 e. The lowest BCUT2D eigenvalue weighted by Gasteiger charge is -2.44. The van der Waals surface area contributed by atoms with Crippen LogP contribution in [0.3, 0.4) is 0 Å². The van der Waals surface area contributed by atoms with Crippen molar-refractivity contribution in [2.45, 2.75) is 69.7 Å². The quantitative estimate of drug-likeness (QED) is 0.711. The lowest BCUT2D eigenvalue weighted by molar-refractivity contribution is -0.148. The van der Waals surface area contributed by atoms with E-state index >= 15 is 0 Å². The number of ether oxygens (including phenoxy) is 1. The van der Waals surface area contributed by atoms with Gasteiger partial charge in [-0.3, -0.25) is 4.79 Å². The third kappa shape index (κ3) is 4.55. The molecule has 2 aliphatic rings. The average molecular weight is 450 g/mol. The van der Waals surface area contributed by atoms with Crippen LogP contribution < -0.4 is 4.74 Å². The Kier molecular flexibility index (Phi) is 5.97. The van der Waals surface area contributed by atoms with E-state index in [4.69, 9.17) is 16.3 Å². The van der Waals surface area contributed by atoms with Gasteiger partial charge in [0.1, 0.15) is 17.4 Å². The second kappa shape index (κ2) is 8.40. The van der Waals surface area contributed by atoms with E-state index in [0.29, 0.717) is 23.6 Å². The van der Waals surface area contributed by atoms with Crippen LogP contribution in [0, 0.1) is 18.6 Å². The molecule has 1 amide bonds. The zero-order chi connectivity index (χ0) is 22.3. The molecule has 2 bridgehead atoms. The van der Waals surface area contributed by atoms with E-state index in [1.54, 1.807) is 19.1 Å². The molecular weight excluding hydrogens is 424 g/mol. The highest BCUT2D eigenvalue weighted by molar-refractivity contribution is 6.32. The minimum atomic E-state index is -1.13. The van der Waals surface area contributed by atoms with Gasteiger partial charge in [0.15, 0.2) is 6.10 Å². The molecule has 166 valence electrons. The first-order chi connectivity index (χ1) is 14.6. The molecule has 4 rings (SSSR count). The number of nitrogens with zero attached hydrogens (tertiary/aromatic N) is 1. The summed E-state index contributed by atoms with van der Waals surface area (Å²) in [5, 5.41) is 11.6. The summed E-state index contributed by atoms with van der Waals surface area (Å²) in [5.41, 5.74) is 0.134. The van der Waals surface area contributed by atoms with Gasteiger partial charge in [0.25, 0.3) is 5.91 Å². The number of carbonyl (C=O) groups excluding carboxylic acids is 1. The van der Waals surface area contributed by atoms with Crippen molar-refractivity contribution < 1.29 is 23.4 Å². The van der Waals surface area contributed by atoms with Gasteiger partial charge in [0, 0.05) is 24.6 Å². The molecule has 2 fully saturated rings. The van der Waals surface area contributed by atoms with Crippen LogP contribution in [0.4, 0.5) is 8.78 Å². The van der Waals surface area contributed by atoms with Crippen molar-refractivity contribution in [3.63, 3.8) is 0 Å². The molecule has 0 spiro atoms. The van der Waals surface area contributed by atoms with Gasteiger partial charge in [-0.2, -0.15) is 0 Å². The van der Waals surface area contributed by atoms with Crippen LogP contribution in [0.25, 0.3) is 0 Å². The molecule has 0 aliphatic carbocycles. The minimum Gasteiger partial charge on any atom is -0.479 e. The molecule has 7 heteroatoms. The average Bonchev–Trinajstić information content (AvgIpc) is 2.98. The van der Waals surface area contributed by atoms with E-state index in [1.807, 2.05) is 17.9 Å². The third-order valence-electron chi connectivity index (χ3n) is 6.38. The number of amides is 1. The number of carbonyl (C=O) groups is 1. The number of hydrogen-bond donors (Lipinski definition) is 1. The normalized spacial score (nSPS) is 26.1. The van der Waals surface area contributed by atoms with Gasteiger partial charge in [0.2, 0.25) is 0 Å². The van der Waals surface area contributed by atoms with Crippen molar-refractivity contribution in [2.75, 3.05) is 0 Å². The minimum absolute atomic E-state index is 0.0963. The molecule has 0 radical (unpaired) electrons. The Morgan fingerprint density at radius 3 is 2.55 bits per heavy atom. The fraction of sp³-hybridized carbons (Fsp3) is 0.458. The molecule has 31 heavy (non-hydrogen) atoms. The van der Waals surface area contributed by atoms with Crippen LogP contribution in [0.15, 0.2) is 36.4 Å². The van der Waals surface area contributed by atoms with Crippen molar-refractivity contribution in [1.29, 1.82) is 0 Å². The van der Waals surface area contributed by atoms with Crippen LogP contribution in [-0.4, -0.2) is 39.7 Å². The molecule has 0 saturated carbocycles. The van der Waals surface area contributed by atoms with Crippen molar-refractivity contribution >= 4 is 17.5 Å². The highest BCUT2D eigenvalue weighted by Crippen LogP contribution is 2.43. The van der Waals surface area contributed by atoms with Gasteiger partial charge in [0.05, 0.1) is 10.6 Å². The number of piperidine rings is 1. The van der Waals surface area contributed by atoms with Gasteiger partial charge in [-0.05, 0) is 68.9 Å². The summed E-state index contributed by atoms with van der Waals surface area (Å²) in [6, 6.07) is 8.54. The number of benzene rings is 2. The standard InChI is InChI=1S/C24H26ClF2NO3/c1-14-3-8-20(25)22(9-14)31-15(2)23(29)28-18-6-7-19(28)13-24(30,12-18)11-16-4-5-17(26)10-21(16)27/h3-5,8-10,15,18-19,30H,6-7,11-13H2,1-2H3/t15-,18-,19-/m0/s1. The Morgan fingerprint density at radius 1 is 1.23 bits per heavy atom. The van der Waals surface area contributed by atoms with Crippen molar-refractivity contribution in [3.8, 4) is 5.75 Å². The van der Waals surface area contributed by atoms with Gasteiger partial charge in [-0.1, -0.05) is 23.7 Å². The number of rotatable bonds is 5. The van der Waals surface area contributed by atoms with Gasteiger partial charge < -0.3 is 14.7 Å². The molecule has 2 saturated heterocycles. The Bertz CT molecular complexity index is 985. The summed E-state index contributed by atoms with van der Waals surface area (Å²) < 4.78 is 33.2. The second-order valence-electron chi connectivity index (χ2n) is 8.87. The molecule has 2 aromatic carbocycles. The van der Waals surface area contributed by atoms with Crippen molar-refractivity contribution in [1.82, 2.24) is 4.90 Å². The molecule has 0 unspecified atom stereocenters. The Hall–Kier alpha value is -2.18. The predicted molar refractivity (Wildman–Crippen MR) is 114 cm³/mol. The maximum absolute atomic E-state index is 14.1. The second-order valence-corrected chi connectivity index (χ2v) is 9.28. The Morgan fingerprint density at radius 2 is 1.90 bits per heavy atom. The number of aliphatic hydroxyl groups is 1. The van der Waals surface area contributed by atoms with Crippen LogP contribution in [0.1, 0.15) is 43.7 Å². The highest BCUT2D eigenvalue weighted by Gasteiger charge is 2.50. The SMILES string of the molecule is Cc1ccc(Cl)c(O[C@@H](C)C(=O)N2[C@H]3CC[C@H]2CC(O)(Cc2ccc(F)cc2F)C3)c1. The lowest BCUT2D eigenvalue weighted by Crippen LogP contribution is -2.56. The third-order valence-corrected chi connectivity index (χ3v) is 6.69. The topological polar surface area (TPSA) is 49.8 Å². The van der Waals surface area contributed by atoms with Crippen molar-refractivity contribution in [3.05, 3.63) is 64.2 Å². The van der Waals surface area contributed by atoms with Gasteiger partial charge in [-0.25, -0.2) is 8.78 Å². The number of halogens is 3. The van der Waals surface area contributed by atoms with Crippen LogP contribution >= 0.6 is 11.6 Å². The number of aryl methyl sites for hydroxylation is 1. The number of hydrogen-bond acceptors (Lipinski definition) is 3. The molecule has 4 nitrogen and oxygen atoms in total. The summed E-state index contributed by atoms with van der Waals surface area (Å²) in [6.07, 6.45) is 1.64. The maximum atomic E-state index is 14.1. The summed E-state index contributed by atoms with van der Waals surface area (Å²) >= 11 is 6.20. The molecule has 2 aromatic rings. The van der Waals surface area contributed by atoms with E-state index in [0.717, 1.165) is 24.5 Å². The summed E-state index contributed by atoms with van der Waals surface area (Å²) in [6.45, 7) is 3.63. The highest BCUT2D eigenvalue weighted by atomic mass is 35.5. The first kappa shape index (κ1) is 22.0. The summed E-state index contributed by atoms with van der Waals surface area (Å²) in [5.74, 6) is -0.969. The van der Waals surface area contributed by atoms with Gasteiger partial charge in [-0.15, -0.1) is 0 Å². The summed E-state index contributed by atoms with van der Waals surface area (Å²) in [7, 11) is 0. The predicted octanol–water partition coefficient (Wildman–Crippen LogP) is 4.82.